The molecule has 0 aromatic carbocycles. The first kappa shape index (κ1) is 16.7. The van der Waals surface area contributed by atoms with Crippen LogP contribution in [0.3, 0.4) is 0 Å². The predicted molar refractivity (Wildman–Crippen MR) is 88.1 cm³/mol. The fraction of sp³-hybridized carbons (Fsp3) is 0.769. The van der Waals surface area contributed by atoms with Gasteiger partial charge in [-0.2, -0.15) is 9.36 Å². The lowest BCUT2D eigenvalue weighted by Crippen LogP contribution is -2.46. The molecule has 1 saturated heterocycles. The van der Waals surface area contributed by atoms with Crippen LogP contribution in [0.2, 0.25) is 0 Å². The summed E-state index contributed by atoms with van der Waals surface area (Å²) in [6.07, 6.45) is 3.41. The molecule has 1 amide bonds. The van der Waals surface area contributed by atoms with Crippen LogP contribution in [0.5, 0.6) is 0 Å². The van der Waals surface area contributed by atoms with Crippen molar-refractivity contribution >= 4 is 34.3 Å². The quantitative estimate of drug-likeness (QED) is 0.742. The summed E-state index contributed by atoms with van der Waals surface area (Å²) in [6.45, 7) is 4.56. The zero-order chi connectivity index (χ0) is 15.1. The average Bonchev–Trinajstić information content (AvgIpc) is 2.93. The normalized spacial score (nSPS) is 18.9. The van der Waals surface area contributed by atoms with Crippen molar-refractivity contribution in [1.82, 2.24) is 19.6 Å². The number of piperidine rings is 1. The molecule has 2 heterocycles. The first-order valence-corrected chi connectivity index (χ1v) is 9.12. The second-order valence-electron chi connectivity index (χ2n) is 5.19. The summed E-state index contributed by atoms with van der Waals surface area (Å²) in [5, 5.41) is 7.55. The number of carbonyl (C=O) groups is 1. The number of likely N-dealkylation sites (N-methyl/N-ethyl adjacent to an activating group) is 1. The highest BCUT2D eigenvalue weighted by molar-refractivity contribution is 7.99. The number of carbonyl (C=O) groups excluding carboxylic acids is 1. The molecule has 21 heavy (non-hydrogen) atoms. The Morgan fingerprint density at radius 2 is 2.48 bits per heavy atom. The molecule has 2 N–H and O–H groups in total. The fourth-order valence-corrected chi connectivity index (χ4v) is 3.65. The van der Waals surface area contributed by atoms with Gasteiger partial charge in [-0.3, -0.25) is 15.0 Å². The third-order valence-corrected chi connectivity index (χ3v) is 5.18. The topological polar surface area (TPSA) is 70.2 Å². The fourth-order valence-electron chi connectivity index (χ4n) is 2.24. The summed E-state index contributed by atoms with van der Waals surface area (Å²) in [7, 11) is 2.00. The smallest absolute Gasteiger partial charge is 0.240 e. The number of anilines is 1. The average molecular weight is 329 g/mol. The van der Waals surface area contributed by atoms with Gasteiger partial charge in [-0.15, -0.1) is 0 Å². The molecule has 8 heteroatoms. The highest BCUT2D eigenvalue weighted by Crippen LogP contribution is 2.20. The van der Waals surface area contributed by atoms with Gasteiger partial charge < -0.3 is 5.32 Å². The van der Waals surface area contributed by atoms with E-state index in [4.69, 9.17) is 0 Å². The van der Waals surface area contributed by atoms with Crippen LogP contribution in [0.15, 0.2) is 5.16 Å². The lowest BCUT2D eigenvalue weighted by atomic mass is 10.1. The molecule has 2 rings (SSSR count). The summed E-state index contributed by atoms with van der Waals surface area (Å²) >= 11 is 2.87. The van der Waals surface area contributed by atoms with Crippen molar-refractivity contribution in [3.8, 4) is 0 Å². The SMILES string of the molecule is CCCSc1nsc(NC(=O)CN(C)C2CCCNC2)n1. The van der Waals surface area contributed by atoms with Crippen LogP contribution in [0.25, 0.3) is 0 Å². The molecule has 118 valence electrons. The van der Waals surface area contributed by atoms with Crippen molar-refractivity contribution in [1.29, 1.82) is 0 Å². The standard InChI is InChI=1S/C13H23N5OS2/c1-3-7-20-13-16-12(21-17-13)15-11(19)9-18(2)10-5-4-6-14-8-10/h10,14H,3-9H2,1-2H3,(H,15,16,17,19). The minimum absolute atomic E-state index is 0.0220. The summed E-state index contributed by atoms with van der Waals surface area (Å²) in [4.78, 5) is 18.5. The number of thioether (sulfide) groups is 1. The zero-order valence-corrected chi connectivity index (χ0v) is 14.2. The van der Waals surface area contributed by atoms with Crippen molar-refractivity contribution in [2.45, 2.75) is 37.4 Å². The van der Waals surface area contributed by atoms with Gasteiger partial charge in [0.05, 0.1) is 6.54 Å². The Bertz CT molecular complexity index is 448. The third-order valence-electron chi connectivity index (χ3n) is 3.38. The Kier molecular flexibility index (Phi) is 6.88. The molecule has 1 unspecified atom stereocenters. The Morgan fingerprint density at radius 3 is 3.19 bits per heavy atom. The number of hydrogen-bond donors (Lipinski definition) is 2. The largest absolute Gasteiger partial charge is 0.315 e. The molecule has 0 bridgehead atoms. The predicted octanol–water partition coefficient (Wildman–Crippen LogP) is 1.66. The molecule has 0 radical (unpaired) electrons. The van der Waals surface area contributed by atoms with Crippen molar-refractivity contribution in [3.05, 3.63) is 0 Å². The van der Waals surface area contributed by atoms with Crippen molar-refractivity contribution < 1.29 is 4.79 Å². The molecule has 1 aromatic rings. The van der Waals surface area contributed by atoms with Crippen LogP contribution >= 0.6 is 23.3 Å². The number of nitrogens with zero attached hydrogens (tertiary/aromatic N) is 3. The van der Waals surface area contributed by atoms with Gasteiger partial charge in [0.25, 0.3) is 0 Å². The molecule has 1 fully saturated rings. The summed E-state index contributed by atoms with van der Waals surface area (Å²) in [6, 6.07) is 0.439. The Balaban J connectivity index is 1.76. The molecule has 6 nitrogen and oxygen atoms in total. The summed E-state index contributed by atoms with van der Waals surface area (Å²) < 4.78 is 4.23. The van der Waals surface area contributed by atoms with E-state index < -0.39 is 0 Å². The van der Waals surface area contributed by atoms with Gasteiger partial charge in [0.2, 0.25) is 16.2 Å². The molecule has 1 aliphatic rings. The number of rotatable bonds is 7. The van der Waals surface area contributed by atoms with E-state index in [1.165, 1.54) is 18.0 Å². The number of amides is 1. The van der Waals surface area contributed by atoms with Crippen molar-refractivity contribution in [2.75, 3.05) is 37.8 Å². The minimum Gasteiger partial charge on any atom is -0.315 e. The molecule has 0 saturated carbocycles. The van der Waals surface area contributed by atoms with Gasteiger partial charge in [-0.1, -0.05) is 18.7 Å². The first-order valence-electron chi connectivity index (χ1n) is 7.36. The highest BCUT2D eigenvalue weighted by Gasteiger charge is 2.20. The van der Waals surface area contributed by atoms with Gasteiger partial charge in [0, 0.05) is 29.9 Å². The minimum atomic E-state index is -0.0220. The Labute approximate surface area is 134 Å². The monoisotopic (exact) mass is 329 g/mol. The molecular formula is C13H23N5OS2. The van der Waals surface area contributed by atoms with Crippen LogP contribution in [0.1, 0.15) is 26.2 Å². The maximum Gasteiger partial charge on any atom is 0.240 e. The number of nitrogens with one attached hydrogen (secondary N) is 2. The van der Waals surface area contributed by atoms with E-state index in [-0.39, 0.29) is 5.91 Å². The van der Waals surface area contributed by atoms with Crippen LogP contribution in [0.4, 0.5) is 5.13 Å². The van der Waals surface area contributed by atoms with Gasteiger partial charge in [-0.25, -0.2) is 0 Å². The van der Waals surface area contributed by atoms with Gasteiger partial charge in [0.1, 0.15) is 0 Å². The van der Waals surface area contributed by atoms with E-state index in [0.29, 0.717) is 17.7 Å². The van der Waals surface area contributed by atoms with E-state index in [1.54, 1.807) is 11.8 Å². The molecule has 1 aliphatic heterocycles. The second kappa shape index (κ2) is 8.67. The molecule has 0 aliphatic carbocycles. The summed E-state index contributed by atoms with van der Waals surface area (Å²) in [5.41, 5.74) is 0. The second-order valence-corrected chi connectivity index (χ2v) is 7.01. The van der Waals surface area contributed by atoms with E-state index >= 15 is 0 Å². The van der Waals surface area contributed by atoms with Gasteiger partial charge in [0.15, 0.2) is 0 Å². The Morgan fingerprint density at radius 1 is 1.62 bits per heavy atom. The van der Waals surface area contributed by atoms with Gasteiger partial charge in [-0.05, 0) is 32.9 Å². The first-order chi connectivity index (χ1) is 10.2. The lowest BCUT2D eigenvalue weighted by Gasteiger charge is -2.30. The van der Waals surface area contributed by atoms with Crippen molar-refractivity contribution in [2.24, 2.45) is 0 Å². The molecular weight excluding hydrogens is 306 g/mol. The summed E-state index contributed by atoms with van der Waals surface area (Å²) in [5.74, 6) is 0.980. The van der Waals surface area contributed by atoms with Crippen LogP contribution in [0, 0.1) is 0 Å². The lowest BCUT2D eigenvalue weighted by molar-refractivity contribution is -0.117. The highest BCUT2D eigenvalue weighted by atomic mass is 32.2. The number of hydrogen-bond acceptors (Lipinski definition) is 7. The van der Waals surface area contributed by atoms with E-state index in [1.807, 2.05) is 7.05 Å². The van der Waals surface area contributed by atoms with Crippen LogP contribution in [-0.4, -0.2) is 58.6 Å². The molecule has 0 spiro atoms. The third kappa shape index (κ3) is 5.54. The van der Waals surface area contributed by atoms with Crippen LogP contribution < -0.4 is 10.6 Å². The maximum atomic E-state index is 12.0. The van der Waals surface area contributed by atoms with E-state index in [2.05, 4.69) is 31.8 Å². The van der Waals surface area contributed by atoms with Crippen LogP contribution in [-0.2, 0) is 4.79 Å². The van der Waals surface area contributed by atoms with E-state index in [0.717, 1.165) is 36.8 Å². The molecule has 1 atom stereocenters. The number of aromatic nitrogens is 2. The van der Waals surface area contributed by atoms with E-state index in [9.17, 15) is 4.79 Å². The maximum absolute atomic E-state index is 12.0. The van der Waals surface area contributed by atoms with Gasteiger partial charge >= 0.3 is 0 Å². The zero-order valence-electron chi connectivity index (χ0n) is 12.6. The van der Waals surface area contributed by atoms with Crippen molar-refractivity contribution in [3.63, 3.8) is 0 Å². The Hall–Kier alpha value is -0.700. The molecule has 1 aromatic heterocycles.